The van der Waals surface area contributed by atoms with Crippen molar-refractivity contribution in [1.82, 2.24) is 35.8 Å². The summed E-state index contributed by atoms with van der Waals surface area (Å²) in [6, 6.07) is 14.1. The molecule has 39 nitrogen and oxygen atoms in total. The summed E-state index contributed by atoms with van der Waals surface area (Å²) >= 11 is 0. The number of likely N-dealkylation sites (N-methyl/N-ethyl adjacent to an activating group) is 1. The maximum absolute atomic E-state index is 13.8. The van der Waals surface area contributed by atoms with Crippen molar-refractivity contribution in [3.63, 3.8) is 0 Å². The number of nitrogen functional groups attached to an aromatic ring is 1. The minimum Gasteiger partial charge on any atom is -0.390 e. The summed E-state index contributed by atoms with van der Waals surface area (Å²) in [6.07, 6.45) is 10.8. The Morgan fingerprint density at radius 3 is 2.04 bits per heavy atom. The third-order valence-electron chi connectivity index (χ3n) is 18.5. The van der Waals surface area contributed by atoms with Gasteiger partial charge in [-0.15, -0.1) is 0 Å². The molecule has 0 saturated carbocycles. The summed E-state index contributed by atoms with van der Waals surface area (Å²) in [4.78, 5) is 118. The maximum atomic E-state index is 13.8. The topological polar surface area (TPSA) is 572 Å². The highest BCUT2D eigenvalue weighted by Crippen LogP contribution is 2.66. The standard InChI is InChI=1S/C71H96N10O29P4S4/c1-6-79-56-26-24-51(117(97,98)99)40-53(56)70(2,3)60(79)17-9-7-10-18-61-71(4,5)54-41-52(118(100,101)102)25-27-57(54)80(61)32-12-8-11-19-63(84)78-55(69(86)75-31-15-34-104-36-38-105-37-35-103-33-14-30-74-68(85)49-22-20-48(21-23-49)44-106-111(87,88)89)46-116-115-39-28-62(83)73-29-13-16-50-43-81(67-65(50)66(72)76-47-77-67)64-42-58(82)59(108-64)45-107-113(93,94)110-114(95,96)109-112(90,91)92/h7,9-10,17-18,20-27,40-41,43,47,55,58-59,64,82H,6,8,11-12,14-15,19,28-39,42,44-46H2,1-5H3,(H13-,72,73,74,75,76,77,78,83,84,85,86,87,88,89,90,91,92,93,94,95,96,97,98,99,100,101,102)/p+1/t55?,58?,59-,64-/m1/s1. The molecule has 2 aromatic heterocycles. The monoisotopic (exact) mass is 1810 g/mol. The number of fused-ring (bicyclic) bond motifs is 3. The summed E-state index contributed by atoms with van der Waals surface area (Å²) in [5.41, 5.74) is 10.8. The van der Waals surface area contributed by atoms with E-state index in [-0.39, 0.29) is 127 Å². The zero-order valence-electron chi connectivity index (χ0n) is 64.8. The number of nitrogens with one attached hydrogen (secondary N) is 4. The molecule has 0 spiro atoms. The Morgan fingerprint density at radius 1 is 0.737 bits per heavy atom. The van der Waals surface area contributed by atoms with Crippen LogP contribution in [0.2, 0.25) is 0 Å². The number of aliphatic hydroxyl groups excluding tert-OH is 1. The average molecular weight is 1810 g/mol. The van der Waals surface area contributed by atoms with Gasteiger partial charge in [-0.2, -0.15) is 30.0 Å². The van der Waals surface area contributed by atoms with E-state index in [2.05, 4.69) is 70.2 Å². The van der Waals surface area contributed by atoms with Crippen LogP contribution in [0.25, 0.3) is 11.0 Å². The number of unbranched alkanes of at least 4 members (excludes halogenated alkanes) is 2. The highest BCUT2D eigenvalue weighted by molar-refractivity contribution is 8.76. The number of carbonyl (C=O) groups is 4. The van der Waals surface area contributed by atoms with E-state index in [1.807, 2.05) is 65.0 Å². The number of hydrogen-bond acceptors (Lipinski definition) is 27. The molecule has 648 valence electrons. The summed E-state index contributed by atoms with van der Waals surface area (Å²) in [7, 11) is -28.1. The number of anilines is 2. The predicted molar refractivity (Wildman–Crippen MR) is 434 cm³/mol. The van der Waals surface area contributed by atoms with Gasteiger partial charge in [-0.1, -0.05) is 77.6 Å². The first-order valence-electron chi connectivity index (χ1n) is 36.8. The van der Waals surface area contributed by atoms with Crippen LogP contribution in [0.4, 0.5) is 17.2 Å². The minimum atomic E-state index is -5.82. The Bertz CT molecular complexity index is 5050. The van der Waals surface area contributed by atoms with E-state index >= 15 is 0 Å². The predicted octanol–water partition coefficient (Wildman–Crippen LogP) is 6.66. The van der Waals surface area contributed by atoms with E-state index in [0.29, 0.717) is 81.6 Å². The molecule has 5 aromatic rings. The second kappa shape index (κ2) is 43.2. The molecule has 0 aliphatic carbocycles. The van der Waals surface area contributed by atoms with Crippen LogP contribution in [0.1, 0.15) is 125 Å². The molecule has 8 rings (SSSR count). The molecule has 47 heteroatoms. The van der Waals surface area contributed by atoms with Crippen LogP contribution in [0.3, 0.4) is 0 Å². The van der Waals surface area contributed by atoms with Crippen molar-refractivity contribution in [1.29, 1.82) is 0 Å². The largest absolute Gasteiger partial charge is 0.490 e. The molecular weight excluding hydrogens is 1710 g/mol. The molecule has 0 radical (unpaired) electrons. The molecule has 5 heterocycles. The van der Waals surface area contributed by atoms with Crippen molar-refractivity contribution in [3.05, 3.63) is 137 Å². The Morgan fingerprint density at radius 2 is 1.39 bits per heavy atom. The number of phosphoric ester groups is 2. The van der Waals surface area contributed by atoms with Gasteiger partial charge in [-0.3, -0.25) is 37.3 Å². The van der Waals surface area contributed by atoms with Crippen molar-refractivity contribution in [2.45, 2.75) is 138 Å². The van der Waals surface area contributed by atoms with Gasteiger partial charge in [0.25, 0.3) is 26.1 Å². The second-order valence-corrected chi connectivity index (χ2v) is 38.9. The van der Waals surface area contributed by atoms with Gasteiger partial charge >= 0.3 is 31.3 Å². The average Bonchev–Trinajstić information content (AvgIpc) is 1.59. The normalized spacial score (nSPS) is 18.3. The van der Waals surface area contributed by atoms with Crippen molar-refractivity contribution in [2.24, 2.45) is 0 Å². The molecule has 4 unspecified atom stereocenters. The molecule has 118 heavy (non-hydrogen) atoms. The summed E-state index contributed by atoms with van der Waals surface area (Å²) in [6.45, 7) is 11.8. The zero-order valence-corrected chi connectivity index (χ0v) is 71.7. The van der Waals surface area contributed by atoms with Gasteiger partial charge in [0, 0.05) is 116 Å². The number of nitrogens with two attached hydrogens (primary N) is 1. The molecular formula is C71H97N10O29P4S4+. The van der Waals surface area contributed by atoms with Crippen LogP contribution in [-0.2, 0) is 107 Å². The van der Waals surface area contributed by atoms with Crippen molar-refractivity contribution < 1.29 is 139 Å². The lowest BCUT2D eigenvalue weighted by atomic mass is 9.81. The third-order valence-corrected chi connectivity index (χ3v) is 26.9. The Hall–Kier alpha value is -6.95. The highest BCUT2D eigenvalue weighted by atomic mass is 33.1. The van der Waals surface area contributed by atoms with Gasteiger partial charge in [0.15, 0.2) is 5.71 Å². The fraction of sp³-hybridized carbons (Fsp3) is 0.479. The van der Waals surface area contributed by atoms with E-state index < -0.39 is 99.3 Å². The molecule has 1 fully saturated rings. The number of nitrogens with zero attached hydrogens (tertiary/aromatic N) is 5. The molecule has 3 aromatic carbocycles. The minimum absolute atomic E-state index is 0.00987. The number of rotatable bonds is 47. The van der Waals surface area contributed by atoms with Crippen LogP contribution in [0, 0.1) is 11.8 Å². The molecule has 0 bridgehead atoms. The summed E-state index contributed by atoms with van der Waals surface area (Å²) in [5, 5.41) is 22.3. The first-order chi connectivity index (χ1) is 55.5. The van der Waals surface area contributed by atoms with Crippen LogP contribution in [0.5, 0.6) is 0 Å². The van der Waals surface area contributed by atoms with Gasteiger partial charge in [0.1, 0.15) is 42.7 Å². The molecule has 15 N–H and O–H groups in total. The number of aliphatic hydroxyl groups is 1. The Kier molecular flexibility index (Phi) is 35.3. The molecule has 1 saturated heterocycles. The van der Waals surface area contributed by atoms with Gasteiger partial charge < -0.3 is 89.9 Å². The molecule has 3 aliphatic rings. The van der Waals surface area contributed by atoms with E-state index in [4.69, 9.17) is 44.3 Å². The van der Waals surface area contributed by atoms with Crippen molar-refractivity contribution in [2.75, 3.05) is 101 Å². The van der Waals surface area contributed by atoms with Crippen LogP contribution >= 0.6 is 52.9 Å². The quantitative estimate of drug-likeness (QED) is 0.00368. The first kappa shape index (κ1) is 96.5. The van der Waals surface area contributed by atoms with Crippen LogP contribution in [-0.4, -0.2) is 218 Å². The number of aromatic nitrogens is 3. The fourth-order valence-corrected chi connectivity index (χ4v) is 19.3. The number of phosphoric acid groups is 4. The van der Waals surface area contributed by atoms with E-state index in [9.17, 15) is 78.3 Å². The number of carbonyl (C=O) groups excluding carboxylic acids is 4. The Balaban J connectivity index is 0.817. The number of benzene rings is 3. The second-order valence-electron chi connectivity index (χ2n) is 27.8. The van der Waals surface area contributed by atoms with Gasteiger partial charge in [-0.25, -0.2) is 28.2 Å². The number of allylic oxidation sites excluding steroid dienone is 6. The smallest absolute Gasteiger partial charge is 0.390 e. The first-order valence-corrected chi connectivity index (χ1v) is 48.2. The Labute approximate surface area is 689 Å². The lowest BCUT2D eigenvalue weighted by Gasteiger charge is -2.25. The fourth-order valence-electron chi connectivity index (χ4n) is 12.8. The summed E-state index contributed by atoms with van der Waals surface area (Å²) in [5.74, 6) is 4.64. The SMILES string of the molecule is CCN1C(=CC=CC=CC2=[N+](CCCCCC(=O)NC(CSSCCC(=O)NCC#Cc3cn([C@H]4CC(O)[C@@H](COP(=O)(O)OP(=O)(O)OP(=O)(O)O)O4)c4ncnc(N)c34)C(=O)NCCCOCCOCCOCCCNC(=O)c3ccc(COP(=O)(O)O)cc3)c3ccc(S(=O)(=O)O)cc3C2(C)C)C(C)(C)c2cc(S(=O)(=O)O)ccc21. The van der Waals surface area contributed by atoms with E-state index in [1.54, 1.807) is 12.1 Å². The summed E-state index contributed by atoms with van der Waals surface area (Å²) < 4.78 is 158. The molecule has 3 aliphatic heterocycles. The van der Waals surface area contributed by atoms with Crippen LogP contribution < -0.4 is 31.9 Å². The van der Waals surface area contributed by atoms with Crippen LogP contribution in [0.15, 0.2) is 119 Å². The zero-order chi connectivity index (χ0) is 86.4. The molecule has 6 atom stereocenters. The number of hydrogen-bond donors (Lipinski definition) is 14. The lowest BCUT2D eigenvalue weighted by Crippen LogP contribution is -2.48. The molecule has 4 amide bonds. The highest BCUT2D eigenvalue weighted by Gasteiger charge is 2.47. The van der Waals surface area contributed by atoms with E-state index in [0.717, 1.165) is 34.7 Å². The van der Waals surface area contributed by atoms with Crippen molar-refractivity contribution in [3.8, 4) is 11.8 Å². The van der Waals surface area contributed by atoms with E-state index in [1.165, 1.54) is 80.9 Å². The number of amides is 4. The van der Waals surface area contributed by atoms with Crippen molar-refractivity contribution >= 4 is 131 Å². The van der Waals surface area contributed by atoms with Gasteiger partial charge in [0.05, 0.1) is 78.4 Å². The van der Waals surface area contributed by atoms with Gasteiger partial charge in [-0.05, 0) is 106 Å². The third kappa shape index (κ3) is 28.9. The van der Waals surface area contributed by atoms with Gasteiger partial charge in [0.2, 0.25) is 23.4 Å². The number of ether oxygens (including phenoxy) is 4. The maximum Gasteiger partial charge on any atom is 0.490 e. The lowest BCUT2D eigenvalue weighted by molar-refractivity contribution is -0.438.